The summed E-state index contributed by atoms with van der Waals surface area (Å²) >= 11 is 0. The molecule has 3 rings (SSSR count). The topological polar surface area (TPSA) is 59.4 Å². The highest BCUT2D eigenvalue weighted by Gasteiger charge is 2.27. The van der Waals surface area contributed by atoms with Crippen molar-refractivity contribution in [1.29, 1.82) is 0 Å². The number of hydrogen-bond acceptors (Lipinski definition) is 4. The Morgan fingerprint density at radius 2 is 2.08 bits per heavy atom. The Labute approximate surface area is 160 Å². The fourth-order valence-corrected chi connectivity index (χ4v) is 2.85. The van der Waals surface area contributed by atoms with Crippen LogP contribution in [0.1, 0.15) is 31.3 Å². The van der Waals surface area contributed by atoms with Crippen molar-refractivity contribution in [3.63, 3.8) is 0 Å². The Morgan fingerprint density at radius 1 is 1.35 bits per heavy atom. The van der Waals surface area contributed by atoms with Crippen LogP contribution in [0.25, 0.3) is 5.69 Å². The van der Waals surface area contributed by atoms with Crippen LogP contribution in [0.15, 0.2) is 36.5 Å². The van der Waals surface area contributed by atoms with E-state index in [9.17, 15) is 4.79 Å². The average molecular weight is 379 g/mol. The molecule has 7 heteroatoms. The molecule has 1 fully saturated rings. The van der Waals surface area contributed by atoms with Crippen molar-refractivity contribution in [3.8, 4) is 11.4 Å². The summed E-state index contributed by atoms with van der Waals surface area (Å²) in [6, 6.07) is 10.1. The van der Waals surface area contributed by atoms with Crippen LogP contribution in [-0.2, 0) is 0 Å². The molecule has 1 aromatic carbocycles. The van der Waals surface area contributed by atoms with Gasteiger partial charge in [-0.15, -0.1) is 12.4 Å². The van der Waals surface area contributed by atoms with Crippen LogP contribution in [-0.4, -0.2) is 52.9 Å². The highest BCUT2D eigenvalue weighted by molar-refractivity contribution is 5.95. The van der Waals surface area contributed by atoms with Crippen molar-refractivity contribution in [2.24, 2.45) is 5.92 Å². The first kappa shape index (κ1) is 20.3. The van der Waals surface area contributed by atoms with Crippen LogP contribution in [0.5, 0.6) is 5.75 Å². The maximum Gasteiger partial charge on any atom is 0.278 e. The summed E-state index contributed by atoms with van der Waals surface area (Å²) in [6.45, 7) is 8.97. The van der Waals surface area contributed by atoms with Crippen molar-refractivity contribution in [2.75, 3.05) is 26.2 Å². The molecule has 0 radical (unpaired) electrons. The Bertz CT molecular complexity index is 718. The zero-order valence-electron chi connectivity index (χ0n) is 15.5. The van der Waals surface area contributed by atoms with E-state index >= 15 is 0 Å². The predicted molar refractivity (Wildman–Crippen MR) is 105 cm³/mol. The number of piperazine rings is 1. The van der Waals surface area contributed by atoms with Crippen LogP contribution in [0.4, 0.5) is 0 Å². The lowest BCUT2D eigenvalue weighted by Crippen LogP contribution is -2.51. The van der Waals surface area contributed by atoms with Crippen LogP contribution < -0.4 is 10.1 Å². The van der Waals surface area contributed by atoms with Crippen LogP contribution >= 0.6 is 12.4 Å². The van der Waals surface area contributed by atoms with Gasteiger partial charge in [0.05, 0.1) is 18.5 Å². The number of carbonyl (C=O) groups is 1. The standard InChI is InChI=1S/C19H26N4O2.ClH/c1-14(2)13-25-17-12-23(16-7-5-4-6-8-16)21-18(17)19(24)22-10-9-20-15(3)11-22;/h4-8,12,14-15,20H,9-11,13H2,1-3H3;1H. The summed E-state index contributed by atoms with van der Waals surface area (Å²) in [5.41, 5.74) is 1.29. The van der Waals surface area contributed by atoms with Gasteiger partial charge in [-0.1, -0.05) is 32.0 Å². The quantitative estimate of drug-likeness (QED) is 0.869. The molecule has 1 N–H and O–H groups in total. The Kier molecular flexibility index (Phi) is 7.06. The van der Waals surface area contributed by atoms with Gasteiger partial charge < -0.3 is 15.0 Å². The van der Waals surface area contributed by atoms with E-state index in [1.54, 1.807) is 10.9 Å². The molecule has 1 aromatic heterocycles. The first-order valence-electron chi connectivity index (χ1n) is 8.85. The molecule has 0 spiro atoms. The molecule has 0 aliphatic carbocycles. The highest BCUT2D eigenvalue weighted by Crippen LogP contribution is 2.22. The predicted octanol–water partition coefficient (Wildman–Crippen LogP) is 2.76. The lowest BCUT2D eigenvalue weighted by atomic mass is 10.2. The number of para-hydroxylation sites is 1. The van der Waals surface area contributed by atoms with Crippen LogP contribution in [0, 0.1) is 5.92 Å². The van der Waals surface area contributed by atoms with Gasteiger partial charge in [-0.05, 0) is 25.0 Å². The number of carbonyl (C=O) groups excluding carboxylic acids is 1. The van der Waals surface area contributed by atoms with Crippen molar-refractivity contribution >= 4 is 18.3 Å². The van der Waals surface area contributed by atoms with Crippen LogP contribution in [0.3, 0.4) is 0 Å². The third-order valence-electron chi connectivity index (χ3n) is 4.13. The molecular weight excluding hydrogens is 352 g/mol. The summed E-state index contributed by atoms with van der Waals surface area (Å²) in [5, 5.41) is 7.89. The summed E-state index contributed by atoms with van der Waals surface area (Å²) in [4.78, 5) is 14.8. The summed E-state index contributed by atoms with van der Waals surface area (Å²) in [5.74, 6) is 0.859. The van der Waals surface area contributed by atoms with Crippen molar-refractivity contribution in [2.45, 2.75) is 26.8 Å². The highest BCUT2D eigenvalue weighted by atomic mass is 35.5. The fraction of sp³-hybridized carbons (Fsp3) is 0.474. The second kappa shape index (κ2) is 9.05. The number of amides is 1. The van der Waals surface area contributed by atoms with E-state index in [0.717, 1.165) is 12.2 Å². The minimum Gasteiger partial charge on any atom is -0.489 e. The van der Waals surface area contributed by atoms with E-state index < -0.39 is 0 Å². The van der Waals surface area contributed by atoms with Gasteiger partial charge in [0.15, 0.2) is 11.4 Å². The number of hydrogen-bond donors (Lipinski definition) is 1. The summed E-state index contributed by atoms with van der Waals surface area (Å²) in [7, 11) is 0. The molecule has 1 unspecified atom stereocenters. The zero-order valence-corrected chi connectivity index (χ0v) is 16.3. The Morgan fingerprint density at radius 3 is 2.73 bits per heavy atom. The first-order valence-corrected chi connectivity index (χ1v) is 8.85. The molecule has 0 saturated carbocycles. The molecule has 0 bridgehead atoms. The molecular formula is C19H27ClN4O2. The minimum absolute atomic E-state index is 0. The molecule has 2 heterocycles. The SMILES string of the molecule is CC(C)COc1cn(-c2ccccc2)nc1C(=O)N1CCNC(C)C1.Cl. The maximum atomic E-state index is 13.0. The second-order valence-electron chi connectivity index (χ2n) is 6.93. The molecule has 1 saturated heterocycles. The number of nitrogens with zero attached hydrogens (tertiary/aromatic N) is 3. The minimum atomic E-state index is -0.0678. The second-order valence-corrected chi connectivity index (χ2v) is 6.93. The molecule has 1 aliphatic rings. The number of halogens is 1. The summed E-state index contributed by atoms with van der Waals surface area (Å²) in [6.07, 6.45) is 1.80. The largest absolute Gasteiger partial charge is 0.489 e. The molecule has 1 atom stereocenters. The Balaban J connectivity index is 0.00000243. The zero-order chi connectivity index (χ0) is 17.8. The third-order valence-corrected chi connectivity index (χ3v) is 4.13. The monoisotopic (exact) mass is 378 g/mol. The van der Waals surface area contributed by atoms with Crippen molar-refractivity contribution in [3.05, 3.63) is 42.2 Å². The number of benzene rings is 1. The van der Waals surface area contributed by atoms with E-state index in [2.05, 4.69) is 31.2 Å². The smallest absolute Gasteiger partial charge is 0.278 e. The lowest BCUT2D eigenvalue weighted by molar-refractivity contribution is 0.0697. The lowest BCUT2D eigenvalue weighted by Gasteiger charge is -2.31. The molecule has 1 aliphatic heterocycles. The molecule has 6 nitrogen and oxygen atoms in total. The van der Waals surface area contributed by atoms with E-state index in [4.69, 9.17) is 4.74 Å². The number of nitrogens with one attached hydrogen (secondary N) is 1. The molecule has 2 aromatic rings. The van der Waals surface area contributed by atoms with Crippen LogP contribution in [0.2, 0.25) is 0 Å². The maximum absolute atomic E-state index is 13.0. The van der Waals surface area contributed by atoms with Gasteiger partial charge in [0.25, 0.3) is 5.91 Å². The van der Waals surface area contributed by atoms with Gasteiger partial charge in [-0.3, -0.25) is 4.79 Å². The number of aromatic nitrogens is 2. The third kappa shape index (κ3) is 4.77. The molecule has 1 amide bonds. The van der Waals surface area contributed by atoms with Gasteiger partial charge in [-0.25, -0.2) is 4.68 Å². The van der Waals surface area contributed by atoms with E-state index in [-0.39, 0.29) is 24.4 Å². The van der Waals surface area contributed by atoms with E-state index in [1.165, 1.54) is 0 Å². The normalized spacial score (nSPS) is 17.1. The number of rotatable bonds is 5. The number of ether oxygens (including phenoxy) is 1. The first-order chi connectivity index (χ1) is 12.0. The molecule has 26 heavy (non-hydrogen) atoms. The van der Waals surface area contributed by atoms with Gasteiger partial charge in [-0.2, -0.15) is 5.10 Å². The van der Waals surface area contributed by atoms with E-state index in [0.29, 0.717) is 37.1 Å². The van der Waals surface area contributed by atoms with Gasteiger partial charge in [0.1, 0.15) is 0 Å². The average Bonchev–Trinajstić information content (AvgIpc) is 3.04. The van der Waals surface area contributed by atoms with Gasteiger partial charge in [0, 0.05) is 25.7 Å². The molecule has 142 valence electrons. The fourth-order valence-electron chi connectivity index (χ4n) is 2.85. The van der Waals surface area contributed by atoms with Gasteiger partial charge >= 0.3 is 0 Å². The Hall–Kier alpha value is -2.05. The van der Waals surface area contributed by atoms with E-state index in [1.807, 2.05) is 35.2 Å². The van der Waals surface area contributed by atoms with Crippen molar-refractivity contribution in [1.82, 2.24) is 20.0 Å². The van der Waals surface area contributed by atoms with Gasteiger partial charge in [0.2, 0.25) is 0 Å². The van der Waals surface area contributed by atoms with Crippen molar-refractivity contribution < 1.29 is 9.53 Å². The summed E-state index contributed by atoms with van der Waals surface area (Å²) < 4.78 is 7.61.